The third-order valence-corrected chi connectivity index (χ3v) is 3.30. The highest BCUT2D eigenvalue weighted by Gasteiger charge is 2.28. The van der Waals surface area contributed by atoms with Crippen LogP contribution in [0.4, 0.5) is 11.4 Å². The predicted octanol–water partition coefficient (Wildman–Crippen LogP) is 2.00. The standard InChI is InChI=1S/C14H21N3O/c1-3-17(11-5-6-11)9-14(18)16-13-7-4-10(2)8-12(13)15/h4,7-8,11H,3,5-6,9,15H2,1-2H3,(H,16,18). The molecule has 0 atom stereocenters. The zero-order valence-corrected chi connectivity index (χ0v) is 11.1. The first-order valence-corrected chi connectivity index (χ1v) is 6.50. The minimum Gasteiger partial charge on any atom is -0.397 e. The van der Waals surface area contributed by atoms with Crippen molar-refractivity contribution in [2.24, 2.45) is 0 Å². The lowest BCUT2D eigenvalue weighted by atomic mass is 10.2. The molecule has 4 heteroatoms. The molecular formula is C14H21N3O. The van der Waals surface area contributed by atoms with Crippen LogP contribution in [0.25, 0.3) is 0 Å². The van der Waals surface area contributed by atoms with Gasteiger partial charge < -0.3 is 11.1 Å². The van der Waals surface area contributed by atoms with Gasteiger partial charge in [-0.05, 0) is 44.0 Å². The fraction of sp³-hybridized carbons (Fsp3) is 0.500. The number of hydrogen-bond donors (Lipinski definition) is 2. The van der Waals surface area contributed by atoms with Gasteiger partial charge in [0.05, 0.1) is 17.9 Å². The normalized spacial score (nSPS) is 14.8. The van der Waals surface area contributed by atoms with Crippen molar-refractivity contribution < 1.29 is 4.79 Å². The minimum absolute atomic E-state index is 0.0132. The molecular weight excluding hydrogens is 226 g/mol. The largest absolute Gasteiger partial charge is 0.397 e. The average molecular weight is 247 g/mol. The van der Waals surface area contributed by atoms with E-state index in [4.69, 9.17) is 5.73 Å². The van der Waals surface area contributed by atoms with Crippen LogP contribution in [-0.2, 0) is 4.79 Å². The van der Waals surface area contributed by atoms with Crippen LogP contribution >= 0.6 is 0 Å². The number of benzene rings is 1. The number of aryl methyl sites for hydroxylation is 1. The van der Waals surface area contributed by atoms with E-state index in [0.717, 1.165) is 12.1 Å². The number of nitrogens with zero attached hydrogens (tertiary/aromatic N) is 1. The smallest absolute Gasteiger partial charge is 0.238 e. The molecule has 1 aliphatic carbocycles. The predicted molar refractivity (Wildman–Crippen MR) is 74.5 cm³/mol. The topological polar surface area (TPSA) is 58.4 Å². The third kappa shape index (κ3) is 3.23. The van der Waals surface area contributed by atoms with E-state index in [1.165, 1.54) is 12.8 Å². The first-order valence-electron chi connectivity index (χ1n) is 6.50. The van der Waals surface area contributed by atoms with Gasteiger partial charge in [0.15, 0.2) is 0 Å². The quantitative estimate of drug-likeness (QED) is 0.782. The second-order valence-electron chi connectivity index (χ2n) is 4.93. The Morgan fingerprint density at radius 1 is 1.50 bits per heavy atom. The fourth-order valence-electron chi connectivity index (χ4n) is 2.11. The van der Waals surface area contributed by atoms with Crippen LogP contribution in [0.5, 0.6) is 0 Å². The van der Waals surface area contributed by atoms with Crippen LogP contribution in [0.2, 0.25) is 0 Å². The number of nitrogens with two attached hydrogens (primary N) is 1. The van der Waals surface area contributed by atoms with Crippen LogP contribution in [0.3, 0.4) is 0 Å². The van der Waals surface area contributed by atoms with Gasteiger partial charge in [-0.1, -0.05) is 13.0 Å². The van der Waals surface area contributed by atoms with Gasteiger partial charge in [-0.3, -0.25) is 9.69 Å². The molecule has 2 rings (SSSR count). The monoisotopic (exact) mass is 247 g/mol. The van der Waals surface area contributed by atoms with E-state index in [-0.39, 0.29) is 5.91 Å². The molecule has 18 heavy (non-hydrogen) atoms. The van der Waals surface area contributed by atoms with E-state index in [1.54, 1.807) is 0 Å². The molecule has 1 fully saturated rings. The van der Waals surface area contributed by atoms with E-state index < -0.39 is 0 Å². The van der Waals surface area contributed by atoms with E-state index in [9.17, 15) is 4.79 Å². The van der Waals surface area contributed by atoms with Crippen LogP contribution in [-0.4, -0.2) is 29.9 Å². The SMILES string of the molecule is CCN(CC(=O)Nc1ccc(C)cc1N)C1CC1. The molecule has 0 unspecified atom stereocenters. The summed E-state index contributed by atoms with van der Waals surface area (Å²) in [6.45, 7) is 5.44. The summed E-state index contributed by atoms with van der Waals surface area (Å²) in [6, 6.07) is 6.28. The highest BCUT2D eigenvalue weighted by atomic mass is 16.2. The molecule has 4 nitrogen and oxygen atoms in total. The average Bonchev–Trinajstić information content (AvgIpc) is 3.14. The van der Waals surface area contributed by atoms with Crippen LogP contribution < -0.4 is 11.1 Å². The molecule has 0 radical (unpaired) electrons. The Balaban J connectivity index is 1.93. The summed E-state index contributed by atoms with van der Waals surface area (Å²) in [5, 5.41) is 2.88. The van der Waals surface area contributed by atoms with Crippen molar-refractivity contribution in [1.82, 2.24) is 4.90 Å². The summed E-state index contributed by atoms with van der Waals surface area (Å²) in [4.78, 5) is 14.2. The summed E-state index contributed by atoms with van der Waals surface area (Å²) >= 11 is 0. The van der Waals surface area contributed by atoms with Gasteiger partial charge in [0.1, 0.15) is 0 Å². The Morgan fingerprint density at radius 2 is 2.22 bits per heavy atom. The number of amides is 1. The molecule has 3 N–H and O–H groups in total. The molecule has 1 aromatic carbocycles. The van der Waals surface area contributed by atoms with Crippen molar-refractivity contribution in [2.45, 2.75) is 32.7 Å². The zero-order valence-electron chi connectivity index (χ0n) is 11.1. The number of hydrogen-bond acceptors (Lipinski definition) is 3. The lowest BCUT2D eigenvalue weighted by Crippen LogP contribution is -2.34. The van der Waals surface area contributed by atoms with Gasteiger partial charge in [-0.2, -0.15) is 0 Å². The summed E-state index contributed by atoms with van der Waals surface area (Å²) in [5.41, 5.74) is 8.30. The maximum Gasteiger partial charge on any atom is 0.238 e. The van der Waals surface area contributed by atoms with Crippen LogP contribution in [0.1, 0.15) is 25.3 Å². The molecule has 0 aromatic heterocycles. The van der Waals surface area contributed by atoms with E-state index in [2.05, 4.69) is 17.1 Å². The second kappa shape index (κ2) is 5.40. The van der Waals surface area contributed by atoms with Gasteiger partial charge in [-0.25, -0.2) is 0 Å². The van der Waals surface area contributed by atoms with Gasteiger partial charge in [0, 0.05) is 6.04 Å². The maximum absolute atomic E-state index is 11.9. The number of carbonyl (C=O) groups is 1. The zero-order chi connectivity index (χ0) is 13.1. The molecule has 0 bridgehead atoms. The summed E-state index contributed by atoms with van der Waals surface area (Å²) in [6.07, 6.45) is 2.43. The Hall–Kier alpha value is -1.55. The van der Waals surface area contributed by atoms with E-state index >= 15 is 0 Å². The minimum atomic E-state index is 0.0132. The molecule has 0 spiro atoms. The number of carbonyl (C=O) groups excluding carboxylic acids is 1. The number of anilines is 2. The lowest BCUT2D eigenvalue weighted by Gasteiger charge is -2.19. The molecule has 1 aliphatic rings. The number of nitrogens with one attached hydrogen (secondary N) is 1. The van der Waals surface area contributed by atoms with Crippen molar-refractivity contribution >= 4 is 17.3 Å². The summed E-state index contributed by atoms with van der Waals surface area (Å²) < 4.78 is 0. The molecule has 0 saturated heterocycles. The van der Waals surface area contributed by atoms with Crippen molar-refractivity contribution in [2.75, 3.05) is 24.1 Å². The Labute approximate surface area is 108 Å². The highest BCUT2D eigenvalue weighted by Crippen LogP contribution is 2.26. The highest BCUT2D eigenvalue weighted by molar-refractivity contribution is 5.95. The maximum atomic E-state index is 11.9. The Morgan fingerprint density at radius 3 is 2.78 bits per heavy atom. The fourth-order valence-corrected chi connectivity index (χ4v) is 2.11. The van der Waals surface area contributed by atoms with Gasteiger partial charge in [0.25, 0.3) is 0 Å². The first-order chi connectivity index (χ1) is 8.60. The van der Waals surface area contributed by atoms with Gasteiger partial charge in [0.2, 0.25) is 5.91 Å². The number of nitrogen functional groups attached to an aromatic ring is 1. The van der Waals surface area contributed by atoms with Crippen molar-refractivity contribution in [1.29, 1.82) is 0 Å². The third-order valence-electron chi connectivity index (χ3n) is 3.30. The molecule has 0 heterocycles. The van der Waals surface area contributed by atoms with Gasteiger partial charge >= 0.3 is 0 Å². The molecule has 1 amide bonds. The van der Waals surface area contributed by atoms with Crippen molar-refractivity contribution in [3.63, 3.8) is 0 Å². The molecule has 98 valence electrons. The molecule has 1 saturated carbocycles. The van der Waals surface area contributed by atoms with Crippen molar-refractivity contribution in [3.05, 3.63) is 23.8 Å². The lowest BCUT2D eigenvalue weighted by molar-refractivity contribution is -0.117. The number of likely N-dealkylation sites (N-methyl/N-ethyl adjacent to an activating group) is 1. The second-order valence-corrected chi connectivity index (χ2v) is 4.93. The van der Waals surface area contributed by atoms with Crippen LogP contribution in [0, 0.1) is 6.92 Å². The van der Waals surface area contributed by atoms with Gasteiger partial charge in [-0.15, -0.1) is 0 Å². The van der Waals surface area contributed by atoms with Crippen LogP contribution in [0.15, 0.2) is 18.2 Å². The Bertz CT molecular complexity index is 441. The summed E-state index contributed by atoms with van der Waals surface area (Å²) in [7, 11) is 0. The Kier molecular flexibility index (Phi) is 3.87. The summed E-state index contributed by atoms with van der Waals surface area (Å²) in [5.74, 6) is 0.0132. The molecule has 1 aromatic rings. The number of rotatable bonds is 5. The van der Waals surface area contributed by atoms with E-state index in [1.807, 2.05) is 25.1 Å². The van der Waals surface area contributed by atoms with Crippen molar-refractivity contribution in [3.8, 4) is 0 Å². The molecule has 0 aliphatic heterocycles. The first kappa shape index (κ1) is 12.9. The van der Waals surface area contributed by atoms with E-state index in [0.29, 0.717) is 24.0 Å².